The van der Waals surface area contributed by atoms with Crippen molar-refractivity contribution in [1.29, 1.82) is 0 Å². The van der Waals surface area contributed by atoms with Gasteiger partial charge in [-0.1, -0.05) is 18.5 Å². The smallest absolute Gasteiger partial charge is 0.277 e. The predicted octanol–water partition coefficient (Wildman–Crippen LogP) is 2.61. The fraction of sp³-hybridized carbons (Fsp3) is 0.474. The lowest BCUT2D eigenvalue weighted by Crippen LogP contribution is -2.48. The van der Waals surface area contributed by atoms with Gasteiger partial charge in [0.15, 0.2) is 5.69 Å². The van der Waals surface area contributed by atoms with Gasteiger partial charge in [0.2, 0.25) is 5.89 Å². The average Bonchev–Trinajstić information content (AvgIpc) is 3.15. The molecule has 1 aliphatic rings. The SMILES string of the molecule is CCC(O)CN1CCN(Cc2nc(C(=O)Nc3ccc(F)c(Cl)c3)co2)CC1. The maximum absolute atomic E-state index is 13.2. The number of carbonyl (C=O) groups is 1. The van der Waals surface area contributed by atoms with E-state index in [-0.39, 0.29) is 16.8 Å². The highest BCUT2D eigenvalue weighted by molar-refractivity contribution is 6.31. The number of aliphatic hydroxyl groups is 1. The van der Waals surface area contributed by atoms with E-state index < -0.39 is 11.7 Å². The zero-order chi connectivity index (χ0) is 20.1. The molecule has 1 saturated heterocycles. The monoisotopic (exact) mass is 410 g/mol. The number of hydrogen-bond donors (Lipinski definition) is 2. The largest absolute Gasteiger partial charge is 0.447 e. The molecule has 2 heterocycles. The van der Waals surface area contributed by atoms with Gasteiger partial charge >= 0.3 is 0 Å². The lowest BCUT2D eigenvalue weighted by molar-refractivity contribution is 0.0658. The molecule has 1 aliphatic heterocycles. The van der Waals surface area contributed by atoms with Gasteiger partial charge in [-0.15, -0.1) is 0 Å². The molecule has 1 aromatic carbocycles. The fourth-order valence-electron chi connectivity index (χ4n) is 3.01. The average molecular weight is 411 g/mol. The maximum Gasteiger partial charge on any atom is 0.277 e. The maximum atomic E-state index is 13.2. The Morgan fingerprint density at radius 2 is 2.07 bits per heavy atom. The van der Waals surface area contributed by atoms with Crippen molar-refractivity contribution in [1.82, 2.24) is 14.8 Å². The summed E-state index contributed by atoms with van der Waals surface area (Å²) in [5.41, 5.74) is 0.534. The minimum atomic E-state index is -0.548. The van der Waals surface area contributed by atoms with Crippen molar-refractivity contribution in [2.24, 2.45) is 0 Å². The summed E-state index contributed by atoms with van der Waals surface area (Å²) < 4.78 is 18.6. The third-order valence-corrected chi connectivity index (χ3v) is 5.02. The number of anilines is 1. The van der Waals surface area contributed by atoms with E-state index in [0.717, 1.165) is 32.6 Å². The van der Waals surface area contributed by atoms with Crippen LogP contribution in [0.4, 0.5) is 10.1 Å². The summed E-state index contributed by atoms with van der Waals surface area (Å²) in [5.74, 6) is -0.534. The van der Waals surface area contributed by atoms with E-state index in [1.165, 1.54) is 24.5 Å². The molecule has 7 nitrogen and oxygen atoms in total. The van der Waals surface area contributed by atoms with Gasteiger partial charge in [0, 0.05) is 38.4 Å². The van der Waals surface area contributed by atoms with Crippen LogP contribution in [0.2, 0.25) is 5.02 Å². The van der Waals surface area contributed by atoms with Crippen LogP contribution >= 0.6 is 11.6 Å². The van der Waals surface area contributed by atoms with Crippen LogP contribution in [-0.4, -0.2) is 64.6 Å². The van der Waals surface area contributed by atoms with Crippen LogP contribution in [0.15, 0.2) is 28.9 Å². The second-order valence-corrected chi connectivity index (χ2v) is 7.26. The van der Waals surface area contributed by atoms with Gasteiger partial charge in [0.1, 0.15) is 12.1 Å². The number of β-amino-alcohol motifs (C(OH)–C–C–N with tert-alkyl or cyclic N) is 1. The number of hydrogen-bond acceptors (Lipinski definition) is 6. The van der Waals surface area contributed by atoms with Crippen molar-refractivity contribution in [3.8, 4) is 0 Å². The van der Waals surface area contributed by atoms with Gasteiger partial charge < -0.3 is 14.8 Å². The number of nitrogens with one attached hydrogen (secondary N) is 1. The number of amides is 1. The standard InChI is InChI=1S/C19H24ClFN4O3/c1-2-14(26)10-24-5-7-25(8-6-24)11-18-23-17(12-28-18)19(27)22-13-3-4-16(21)15(20)9-13/h3-4,9,12,14,26H,2,5-8,10-11H2,1H3,(H,22,27). The Labute approximate surface area is 168 Å². The third kappa shape index (κ3) is 5.51. The van der Waals surface area contributed by atoms with E-state index in [0.29, 0.717) is 24.7 Å². The van der Waals surface area contributed by atoms with Crippen molar-refractivity contribution in [3.05, 3.63) is 46.9 Å². The predicted molar refractivity (Wildman–Crippen MR) is 104 cm³/mol. The second kappa shape index (κ2) is 9.47. The van der Waals surface area contributed by atoms with Gasteiger partial charge in [0.25, 0.3) is 5.91 Å². The van der Waals surface area contributed by atoms with Gasteiger partial charge in [0.05, 0.1) is 17.7 Å². The van der Waals surface area contributed by atoms with Crippen molar-refractivity contribution in [2.45, 2.75) is 26.0 Å². The lowest BCUT2D eigenvalue weighted by Gasteiger charge is -2.34. The van der Waals surface area contributed by atoms with Crippen molar-refractivity contribution in [3.63, 3.8) is 0 Å². The number of aliphatic hydroxyl groups excluding tert-OH is 1. The topological polar surface area (TPSA) is 81.8 Å². The quantitative estimate of drug-likeness (QED) is 0.730. The van der Waals surface area contributed by atoms with E-state index in [2.05, 4.69) is 20.1 Å². The van der Waals surface area contributed by atoms with E-state index in [4.69, 9.17) is 16.0 Å². The first kappa shape index (κ1) is 20.7. The van der Waals surface area contributed by atoms with Crippen molar-refractivity contribution in [2.75, 3.05) is 38.0 Å². The Kier molecular flexibility index (Phi) is 7.01. The molecular formula is C19H24ClFN4O3. The minimum Gasteiger partial charge on any atom is -0.447 e. The van der Waals surface area contributed by atoms with Crippen molar-refractivity contribution >= 4 is 23.2 Å². The van der Waals surface area contributed by atoms with Crippen LogP contribution in [0.25, 0.3) is 0 Å². The van der Waals surface area contributed by atoms with Crippen LogP contribution in [0, 0.1) is 5.82 Å². The molecule has 1 unspecified atom stereocenters. The molecule has 3 rings (SSSR count). The molecule has 28 heavy (non-hydrogen) atoms. The van der Waals surface area contributed by atoms with Crippen LogP contribution in [0.1, 0.15) is 29.7 Å². The van der Waals surface area contributed by atoms with E-state index in [9.17, 15) is 14.3 Å². The zero-order valence-corrected chi connectivity index (χ0v) is 16.5. The molecule has 152 valence electrons. The zero-order valence-electron chi connectivity index (χ0n) is 15.7. The van der Waals surface area contributed by atoms with Crippen LogP contribution < -0.4 is 5.32 Å². The molecule has 1 fully saturated rings. The highest BCUT2D eigenvalue weighted by atomic mass is 35.5. The number of aromatic nitrogens is 1. The van der Waals surface area contributed by atoms with Gasteiger partial charge in [-0.25, -0.2) is 9.37 Å². The van der Waals surface area contributed by atoms with Crippen LogP contribution in [-0.2, 0) is 6.54 Å². The number of piperazine rings is 1. The lowest BCUT2D eigenvalue weighted by atomic mass is 10.2. The fourth-order valence-corrected chi connectivity index (χ4v) is 3.19. The molecule has 0 radical (unpaired) electrons. The summed E-state index contributed by atoms with van der Waals surface area (Å²) in [6.45, 7) is 6.61. The molecule has 9 heteroatoms. The summed E-state index contributed by atoms with van der Waals surface area (Å²) in [6, 6.07) is 3.95. The molecule has 0 saturated carbocycles. The first-order valence-corrected chi connectivity index (χ1v) is 9.66. The number of carbonyl (C=O) groups excluding carboxylic acids is 1. The second-order valence-electron chi connectivity index (χ2n) is 6.85. The van der Waals surface area contributed by atoms with E-state index in [1.807, 2.05) is 6.92 Å². The Morgan fingerprint density at radius 3 is 2.75 bits per heavy atom. The minimum absolute atomic E-state index is 0.0655. The summed E-state index contributed by atoms with van der Waals surface area (Å²) >= 11 is 5.72. The normalized spacial score (nSPS) is 16.9. The third-order valence-electron chi connectivity index (χ3n) is 4.73. The number of oxazole rings is 1. The first-order valence-electron chi connectivity index (χ1n) is 9.28. The Balaban J connectivity index is 1.50. The summed E-state index contributed by atoms with van der Waals surface area (Å²) in [6.07, 6.45) is 1.78. The van der Waals surface area contributed by atoms with E-state index >= 15 is 0 Å². The van der Waals surface area contributed by atoms with Crippen molar-refractivity contribution < 1.29 is 18.7 Å². The molecular weight excluding hydrogens is 387 g/mol. The van der Waals surface area contributed by atoms with Gasteiger partial charge in [-0.3, -0.25) is 14.6 Å². The van der Waals surface area contributed by atoms with Gasteiger partial charge in [-0.05, 0) is 24.6 Å². The highest BCUT2D eigenvalue weighted by Crippen LogP contribution is 2.20. The highest BCUT2D eigenvalue weighted by Gasteiger charge is 2.21. The Bertz CT molecular complexity index is 808. The number of rotatable bonds is 7. The number of benzene rings is 1. The molecule has 1 aromatic heterocycles. The molecule has 2 aromatic rings. The molecule has 1 amide bonds. The Hall–Kier alpha value is -2.00. The molecule has 0 bridgehead atoms. The summed E-state index contributed by atoms with van der Waals surface area (Å²) in [5, 5.41) is 12.3. The van der Waals surface area contributed by atoms with E-state index in [1.54, 1.807) is 0 Å². The summed E-state index contributed by atoms with van der Waals surface area (Å²) in [7, 11) is 0. The molecule has 2 N–H and O–H groups in total. The molecule has 0 spiro atoms. The number of nitrogens with zero attached hydrogens (tertiary/aromatic N) is 3. The molecule has 1 atom stereocenters. The van der Waals surface area contributed by atoms with Crippen LogP contribution in [0.3, 0.4) is 0 Å². The molecule has 0 aliphatic carbocycles. The summed E-state index contributed by atoms with van der Waals surface area (Å²) in [4.78, 5) is 21.0. The van der Waals surface area contributed by atoms with Crippen LogP contribution in [0.5, 0.6) is 0 Å². The first-order chi connectivity index (χ1) is 13.4. The van der Waals surface area contributed by atoms with Gasteiger partial charge in [-0.2, -0.15) is 0 Å². The number of halogens is 2. The Morgan fingerprint density at radius 1 is 1.36 bits per heavy atom.